The predicted octanol–water partition coefficient (Wildman–Crippen LogP) is 0.955. The molecule has 17 heavy (non-hydrogen) atoms. The zero-order valence-corrected chi connectivity index (χ0v) is 9.74. The molecule has 0 radical (unpaired) electrons. The van der Waals surface area contributed by atoms with Crippen molar-refractivity contribution in [1.82, 2.24) is 4.57 Å². The Morgan fingerprint density at radius 2 is 2.00 bits per heavy atom. The quantitative estimate of drug-likeness (QED) is 0.739. The fourth-order valence-corrected chi connectivity index (χ4v) is 2.00. The number of aliphatic hydroxyl groups is 3. The van der Waals surface area contributed by atoms with E-state index in [1.807, 2.05) is 36.0 Å². The molecule has 4 nitrogen and oxygen atoms in total. The number of nitrogens with zero attached hydrogens (tertiary/aromatic N) is 1. The molecular weight excluding hydrogens is 218 g/mol. The van der Waals surface area contributed by atoms with Gasteiger partial charge in [0, 0.05) is 25.4 Å². The Balaban J connectivity index is 2.29. The van der Waals surface area contributed by atoms with E-state index in [-0.39, 0.29) is 13.0 Å². The molecule has 2 rings (SSSR count). The molecule has 0 aliphatic heterocycles. The smallest absolute Gasteiger partial charge is 0.105 e. The number of rotatable bonds is 4. The molecule has 0 spiro atoms. The first kappa shape index (κ1) is 12.1. The Labute approximate surface area is 99.7 Å². The summed E-state index contributed by atoms with van der Waals surface area (Å²) >= 11 is 0. The van der Waals surface area contributed by atoms with E-state index in [0.29, 0.717) is 5.56 Å². The molecule has 1 aromatic carbocycles. The summed E-state index contributed by atoms with van der Waals surface area (Å²) in [5.74, 6) is 0. The lowest BCUT2D eigenvalue weighted by atomic mass is 10.0. The summed E-state index contributed by atoms with van der Waals surface area (Å²) < 4.78 is 2.00. The molecule has 3 N–H and O–H groups in total. The van der Waals surface area contributed by atoms with Crippen LogP contribution in [0.5, 0.6) is 0 Å². The third-order valence-electron chi connectivity index (χ3n) is 3.04. The second kappa shape index (κ2) is 4.87. The molecule has 2 unspecified atom stereocenters. The van der Waals surface area contributed by atoms with Crippen molar-refractivity contribution in [2.45, 2.75) is 18.6 Å². The molecule has 0 saturated heterocycles. The van der Waals surface area contributed by atoms with Crippen molar-refractivity contribution >= 4 is 10.9 Å². The summed E-state index contributed by atoms with van der Waals surface area (Å²) in [6, 6.07) is 7.54. The summed E-state index contributed by atoms with van der Waals surface area (Å²) in [5, 5.41) is 29.3. The Morgan fingerprint density at radius 3 is 2.71 bits per heavy atom. The van der Waals surface area contributed by atoms with E-state index in [0.717, 1.165) is 10.9 Å². The van der Waals surface area contributed by atoms with Gasteiger partial charge in [0.15, 0.2) is 0 Å². The van der Waals surface area contributed by atoms with Crippen LogP contribution in [0.1, 0.15) is 18.1 Å². The van der Waals surface area contributed by atoms with Crippen LogP contribution in [-0.4, -0.2) is 32.6 Å². The van der Waals surface area contributed by atoms with Crippen molar-refractivity contribution in [3.05, 3.63) is 36.0 Å². The normalized spacial score (nSPS) is 15.1. The second-order valence-electron chi connectivity index (χ2n) is 4.27. The van der Waals surface area contributed by atoms with Gasteiger partial charge in [-0.05, 0) is 35.6 Å². The van der Waals surface area contributed by atoms with Crippen LogP contribution in [0.4, 0.5) is 0 Å². The summed E-state index contributed by atoms with van der Waals surface area (Å²) in [4.78, 5) is 0. The summed E-state index contributed by atoms with van der Waals surface area (Å²) in [7, 11) is 1.96. The number of aryl methyl sites for hydroxylation is 1. The number of aromatic nitrogens is 1. The van der Waals surface area contributed by atoms with Crippen molar-refractivity contribution in [3.8, 4) is 0 Å². The Morgan fingerprint density at radius 1 is 1.24 bits per heavy atom. The third kappa shape index (κ3) is 2.34. The van der Waals surface area contributed by atoms with Gasteiger partial charge in [-0.15, -0.1) is 0 Å². The summed E-state index contributed by atoms with van der Waals surface area (Å²) in [6.45, 7) is -0.133. The lowest BCUT2D eigenvalue weighted by Gasteiger charge is -2.17. The number of hydrogen-bond donors (Lipinski definition) is 3. The largest absolute Gasteiger partial charge is 0.396 e. The minimum atomic E-state index is -0.952. The fourth-order valence-electron chi connectivity index (χ4n) is 2.00. The molecule has 0 aliphatic rings. The number of aliphatic hydroxyl groups excluding tert-OH is 3. The highest BCUT2D eigenvalue weighted by molar-refractivity contribution is 5.80. The van der Waals surface area contributed by atoms with Crippen LogP contribution in [0.15, 0.2) is 30.5 Å². The van der Waals surface area contributed by atoms with E-state index in [2.05, 4.69) is 0 Å². The van der Waals surface area contributed by atoms with Crippen molar-refractivity contribution in [3.63, 3.8) is 0 Å². The van der Waals surface area contributed by atoms with Gasteiger partial charge in [-0.3, -0.25) is 0 Å². The molecule has 2 atom stereocenters. The highest BCUT2D eigenvalue weighted by Gasteiger charge is 2.18. The molecule has 1 aromatic heterocycles. The third-order valence-corrected chi connectivity index (χ3v) is 3.04. The molecular formula is C13H17NO3. The molecule has 2 aromatic rings. The van der Waals surface area contributed by atoms with Crippen LogP contribution >= 0.6 is 0 Å². The first-order valence-corrected chi connectivity index (χ1v) is 5.65. The van der Waals surface area contributed by atoms with Gasteiger partial charge >= 0.3 is 0 Å². The van der Waals surface area contributed by atoms with Gasteiger partial charge in [0.2, 0.25) is 0 Å². The van der Waals surface area contributed by atoms with Crippen LogP contribution in [0.25, 0.3) is 10.9 Å². The number of fused-ring (bicyclic) bond motifs is 1. The SMILES string of the molecule is Cn1ccc2cc(C(O)C(O)CCO)ccc21. The van der Waals surface area contributed by atoms with E-state index < -0.39 is 12.2 Å². The fraction of sp³-hybridized carbons (Fsp3) is 0.385. The Hall–Kier alpha value is -1.36. The van der Waals surface area contributed by atoms with Gasteiger partial charge in [-0.25, -0.2) is 0 Å². The monoisotopic (exact) mass is 235 g/mol. The number of benzene rings is 1. The zero-order valence-electron chi connectivity index (χ0n) is 9.74. The highest BCUT2D eigenvalue weighted by atomic mass is 16.3. The molecule has 0 fully saturated rings. The minimum absolute atomic E-state index is 0.133. The maximum atomic E-state index is 9.92. The zero-order chi connectivity index (χ0) is 12.4. The summed E-state index contributed by atoms with van der Waals surface area (Å²) in [5.41, 5.74) is 1.75. The van der Waals surface area contributed by atoms with Gasteiger partial charge in [0.05, 0.1) is 6.10 Å². The standard InChI is InChI=1S/C13H17NO3/c1-14-6-4-9-8-10(2-3-11(9)14)13(17)12(16)5-7-15/h2-4,6,8,12-13,15-17H,5,7H2,1H3. The molecule has 4 heteroatoms. The van der Waals surface area contributed by atoms with Gasteiger partial charge in [0.25, 0.3) is 0 Å². The van der Waals surface area contributed by atoms with Crippen LogP contribution < -0.4 is 0 Å². The van der Waals surface area contributed by atoms with Gasteiger partial charge in [0.1, 0.15) is 6.10 Å². The van der Waals surface area contributed by atoms with Crippen molar-refractivity contribution in [2.75, 3.05) is 6.61 Å². The van der Waals surface area contributed by atoms with Crippen LogP contribution in [0.3, 0.4) is 0 Å². The molecule has 0 bridgehead atoms. The maximum Gasteiger partial charge on any atom is 0.105 e. The minimum Gasteiger partial charge on any atom is -0.396 e. The average Bonchev–Trinajstić information content (AvgIpc) is 2.70. The van der Waals surface area contributed by atoms with Crippen LogP contribution in [0.2, 0.25) is 0 Å². The number of hydrogen-bond acceptors (Lipinski definition) is 3. The summed E-state index contributed by atoms with van der Waals surface area (Å²) in [6.07, 6.45) is 0.242. The first-order valence-electron chi connectivity index (χ1n) is 5.65. The average molecular weight is 235 g/mol. The topological polar surface area (TPSA) is 65.6 Å². The van der Waals surface area contributed by atoms with Crippen molar-refractivity contribution in [1.29, 1.82) is 0 Å². The molecule has 92 valence electrons. The molecule has 0 saturated carbocycles. The lowest BCUT2D eigenvalue weighted by molar-refractivity contribution is 0.00429. The predicted molar refractivity (Wildman–Crippen MR) is 65.6 cm³/mol. The molecule has 0 amide bonds. The van der Waals surface area contributed by atoms with Crippen LogP contribution in [-0.2, 0) is 7.05 Å². The lowest BCUT2D eigenvalue weighted by Crippen LogP contribution is -2.19. The van der Waals surface area contributed by atoms with Crippen molar-refractivity contribution in [2.24, 2.45) is 7.05 Å². The van der Waals surface area contributed by atoms with E-state index in [4.69, 9.17) is 5.11 Å². The van der Waals surface area contributed by atoms with E-state index in [1.54, 1.807) is 6.07 Å². The molecule has 1 heterocycles. The Bertz CT molecular complexity index is 506. The van der Waals surface area contributed by atoms with Gasteiger partial charge in [-0.2, -0.15) is 0 Å². The van der Waals surface area contributed by atoms with E-state index in [1.165, 1.54) is 0 Å². The van der Waals surface area contributed by atoms with Crippen molar-refractivity contribution < 1.29 is 15.3 Å². The van der Waals surface area contributed by atoms with Gasteiger partial charge < -0.3 is 19.9 Å². The van der Waals surface area contributed by atoms with E-state index >= 15 is 0 Å². The maximum absolute atomic E-state index is 9.92. The second-order valence-corrected chi connectivity index (χ2v) is 4.27. The van der Waals surface area contributed by atoms with Gasteiger partial charge in [-0.1, -0.05) is 6.07 Å². The highest BCUT2D eigenvalue weighted by Crippen LogP contribution is 2.23. The van der Waals surface area contributed by atoms with Crippen LogP contribution in [0, 0.1) is 0 Å². The first-order chi connectivity index (χ1) is 8.13. The van der Waals surface area contributed by atoms with E-state index in [9.17, 15) is 10.2 Å². The Kier molecular flexibility index (Phi) is 3.47. The molecule has 0 aliphatic carbocycles.